The third-order valence-electron chi connectivity index (χ3n) is 2.25. The summed E-state index contributed by atoms with van der Waals surface area (Å²) in [6.45, 7) is 7.64. The van der Waals surface area contributed by atoms with Gasteiger partial charge in [0.1, 0.15) is 0 Å². The standard InChI is InChI=1S/C11H16N2/c1-4-10(12)9-5-7(2)11(13)8(3)6-9/h4-6,10H,1,12-13H2,2-3H3/t10-/m0/s1. The predicted molar refractivity (Wildman–Crippen MR) is 57.5 cm³/mol. The van der Waals surface area contributed by atoms with Crippen molar-refractivity contribution in [3.63, 3.8) is 0 Å². The molecule has 0 fully saturated rings. The number of aryl methyl sites for hydroxylation is 2. The van der Waals surface area contributed by atoms with Crippen LogP contribution < -0.4 is 11.5 Å². The molecule has 0 spiro atoms. The van der Waals surface area contributed by atoms with Gasteiger partial charge in [0.25, 0.3) is 0 Å². The Morgan fingerprint density at radius 2 is 1.77 bits per heavy atom. The van der Waals surface area contributed by atoms with E-state index in [9.17, 15) is 0 Å². The highest BCUT2D eigenvalue weighted by molar-refractivity contribution is 5.55. The van der Waals surface area contributed by atoms with E-state index < -0.39 is 0 Å². The molecule has 0 saturated carbocycles. The van der Waals surface area contributed by atoms with Crippen molar-refractivity contribution in [3.05, 3.63) is 41.5 Å². The summed E-state index contributed by atoms with van der Waals surface area (Å²) in [5.74, 6) is 0. The fourth-order valence-electron chi connectivity index (χ4n) is 1.34. The van der Waals surface area contributed by atoms with Gasteiger partial charge in [-0.2, -0.15) is 0 Å². The lowest BCUT2D eigenvalue weighted by atomic mass is 10.0. The molecule has 0 aliphatic rings. The van der Waals surface area contributed by atoms with E-state index in [4.69, 9.17) is 11.5 Å². The SMILES string of the molecule is C=C[C@H](N)c1cc(C)c(N)c(C)c1. The number of nitrogens with two attached hydrogens (primary N) is 2. The van der Waals surface area contributed by atoms with Crippen LogP contribution in [-0.4, -0.2) is 0 Å². The van der Waals surface area contributed by atoms with Crippen LogP contribution in [0.4, 0.5) is 5.69 Å². The first-order valence-corrected chi connectivity index (χ1v) is 4.31. The number of rotatable bonds is 2. The van der Waals surface area contributed by atoms with E-state index in [1.54, 1.807) is 6.08 Å². The lowest BCUT2D eigenvalue weighted by molar-refractivity contribution is 0.910. The van der Waals surface area contributed by atoms with E-state index in [0.29, 0.717) is 0 Å². The van der Waals surface area contributed by atoms with Gasteiger partial charge in [0.15, 0.2) is 0 Å². The second-order valence-corrected chi connectivity index (χ2v) is 3.33. The van der Waals surface area contributed by atoms with Crippen molar-refractivity contribution in [2.45, 2.75) is 19.9 Å². The summed E-state index contributed by atoms with van der Waals surface area (Å²) < 4.78 is 0. The highest BCUT2D eigenvalue weighted by Gasteiger charge is 2.05. The molecule has 0 radical (unpaired) electrons. The lowest BCUT2D eigenvalue weighted by Gasteiger charge is -2.11. The number of nitrogen functional groups attached to an aromatic ring is 1. The lowest BCUT2D eigenvalue weighted by Crippen LogP contribution is -2.08. The molecule has 0 amide bonds. The monoisotopic (exact) mass is 176 g/mol. The van der Waals surface area contributed by atoms with E-state index in [-0.39, 0.29) is 6.04 Å². The Bertz CT molecular complexity index is 306. The number of hydrogen-bond acceptors (Lipinski definition) is 2. The van der Waals surface area contributed by atoms with Gasteiger partial charge in [0.2, 0.25) is 0 Å². The zero-order valence-electron chi connectivity index (χ0n) is 8.17. The highest BCUT2D eigenvalue weighted by atomic mass is 14.6. The Balaban J connectivity index is 3.20. The van der Waals surface area contributed by atoms with Crippen molar-refractivity contribution in [1.82, 2.24) is 0 Å². The van der Waals surface area contributed by atoms with Crippen molar-refractivity contribution in [1.29, 1.82) is 0 Å². The van der Waals surface area contributed by atoms with Crippen molar-refractivity contribution < 1.29 is 0 Å². The first-order valence-electron chi connectivity index (χ1n) is 4.31. The van der Waals surface area contributed by atoms with E-state index in [2.05, 4.69) is 6.58 Å². The molecule has 1 aromatic rings. The van der Waals surface area contributed by atoms with Crippen molar-refractivity contribution >= 4 is 5.69 Å². The van der Waals surface area contributed by atoms with E-state index >= 15 is 0 Å². The topological polar surface area (TPSA) is 52.0 Å². The van der Waals surface area contributed by atoms with Crippen LogP contribution in [0.25, 0.3) is 0 Å². The summed E-state index contributed by atoms with van der Waals surface area (Å²) in [4.78, 5) is 0. The van der Waals surface area contributed by atoms with Crippen LogP contribution in [0.3, 0.4) is 0 Å². The van der Waals surface area contributed by atoms with Gasteiger partial charge >= 0.3 is 0 Å². The van der Waals surface area contributed by atoms with Gasteiger partial charge in [0, 0.05) is 11.7 Å². The largest absolute Gasteiger partial charge is 0.398 e. The molecule has 1 aromatic carbocycles. The Kier molecular flexibility index (Phi) is 2.73. The molecule has 0 saturated heterocycles. The van der Waals surface area contributed by atoms with Gasteiger partial charge in [-0.05, 0) is 30.5 Å². The Morgan fingerprint density at radius 1 is 1.31 bits per heavy atom. The smallest absolute Gasteiger partial charge is 0.0478 e. The average Bonchev–Trinajstić information content (AvgIpc) is 2.12. The summed E-state index contributed by atoms with van der Waals surface area (Å²) in [6.07, 6.45) is 1.73. The van der Waals surface area contributed by atoms with Gasteiger partial charge in [-0.25, -0.2) is 0 Å². The van der Waals surface area contributed by atoms with Crippen LogP contribution >= 0.6 is 0 Å². The fourth-order valence-corrected chi connectivity index (χ4v) is 1.34. The third-order valence-corrected chi connectivity index (χ3v) is 2.25. The number of hydrogen-bond donors (Lipinski definition) is 2. The molecular formula is C11H16N2. The normalized spacial score (nSPS) is 12.5. The zero-order valence-corrected chi connectivity index (χ0v) is 8.17. The molecule has 4 N–H and O–H groups in total. The summed E-state index contributed by atoms with van der Waals surface area (Å²) in [7, 11) is 0. The quantitative estimate of drug-likeness (QED) is 0.535. The minimum atomic E-state index is -0.0991. The maximum absolute atomic E-state index is 5.83. The molecule has 13 heavy (non-hydrogen) atoms. The zero-order chi connectivity index (χ0) is 10.0. The first-order chi connectivity index (χ1) is 6.06. The van der Waals surface area contributed by atoms with Crippen molar-refractivity contribution in [2.75, 3.05) is 5.73 Å². The van der Waals surface area contributed by atoms with Crippen molar-refractivity contribution in [2.24, 2.45) is 5.73 Å². The van der Waals surface area contributed by atoms with E-state index in [1.807, 2.05) is 26.0 Å². The van der Waals surface area contributed by atoms with Gasteiger partial charge in [0.05, 0.1) is 0 Å². The fraction of sp³-hybridized carbons (Fsp3) is 0.273. The molecule has 0 aromatic heterocycles. The summed E-state index contributed by atoms with van der Waals surface area (Å²) >= 11 is 0. The Hall–Kier alpha value is -1.28. The summed E-state index contributed by atoms with van der Waals surface area (Å²) in [5.41, 5.74) is 15.7. The molecule has 2 heteroatoms. The molecular weight excluding hydrogens is 160 g/mol. The minimum Gasteiger partial charge on any atom is -0.398 e. The molecule has 1 rings (SSSR count). The molecule has 0 unspecified atom stereocenters. The second kappa shape index (κ2) is 3.62. The maximum Gasteiger partial charge on any atom is 0.0478 e. The van der Waals surface area contributed by atoms with Crippen LogP contribution in [0.5, 0.6) is 0 Å². The minimum absolute atomic E-state index is 0.0991. The van der Waals surface area contributed by atoms with Crippen LogP contribution in [0.1, 0.15) is 22.7 Å². The summed E-state index contributed by atoms with van der Waals surface area (Å²) in [6, 6.07) is 3.92. The average molecular weight is 176 g/mol. The molecule has 0 aliphatic heterocycles. The predicted octanol–water partition coefficient (Wildman–Crippen LogP) is 2.07. The third kappa shape index (κ3) is 1.90. The molecule has 0 aliphatic carbocycles. The van der Waals surface area contributed by atoms with Crippen LogP contribution in [0.15, 0.2) is 24.8 Å². The van der Waals surface area contributed by atoms with E-state index in [0.717, 1.165) is 22.4 Å². The molecule has 2 nitrogen and oxygen atoms in total. The molecule has 0 bridgehead atoms. The number of anilines is 1. The van der Waals surface area contributed by atoms with E-state index in [1.165, 1.54) is 0 Å². The number of benzene rings is 1. The molecule has 1 atom stereocenters. The maximum atomic E-state index is 5.83. The summed E-state index contributed by atoms with van der Waals surface area (Å²) in [5, 5.41) is 0. The Morgan fingerprint density at radius 3 is 2.15 bits per heavy atom. The molecule has 0 heterocycles. The Labute approximate surface area is 79.2 Å². The van der Waals surface area contributed by atoms with Gasteiger partial charge < -0.3 is 11.5 Å². The van der Waals surface area contributed by atoms with Crippen LogP contribution in [-0.2, 0) is 0 Å². The first kappa shape index (κ1) is 9.81. The van der Waals surface area contributed by atoms with Crippen LogP contribution in [0, 0.1) is 13.8 Å². The second-order valence-electron chi connectivity index (χ2n) is 3.33. The van der Waals surface area contributed by atoms with Gasteiger partial charge in [-0.15, -0.1) is 6.58 Å². The molecule has 70 valence electrons. The van der Waals surface area contributed by atoms with Gasteiger partial charge in [-0.1, -0.05) is 18.2 Å². The van der Waals surface area contributed by atoms with Gasteiger partial charge in [-0.3, -0.25) is 0 Å². The highest BCUT2D eigenvalue weighted by Crippen LogP contribution is 2.22. The van der Waals surface area contributed by atoms with Crippen molar-refractivity contribution in [3.8, 4) is 0 Å². The van der Waals surface area contributed by atoms with Crippen LogP contribution in [0.2, 0.25) is 0 Å².